The number of rotatable bonds is 6. The fourth-order valence-electron chi connectivity index (χ4n) is 8.56. The Balaban J connectivity index is 1.05. The second-order valence-electron chi connectivity index (χ2n) is 14.6. The SMILES string of the molecule is CC1(C)c2ccccc2-c2cc(N(c3ccccc3)c3ccc(-c4cccc(-c5cn(-c6ccccc6)c6c5ccc5ccccc56)c4)cc3)ccc21. The Labute approximate surface area is 310 Å². The molecule has 0 spiro atoms. The van der Waals surface area contributed by atoms with Crippen LogP contribution in [0.5, 0.6) is 0 Å². The lowest BCUT2D eigenvalue weighted by atomic mass is 9.82. The molecule has 0 N–H and O–H groups in total. The van der Waals surface area contributed by atoms with Crippen molar-refractivity contribution in [2.75, 3.05) is 4.90 Å². The molecule has 1 aliphatic carbocycles. The minimum Gasteiger partial charge on any atom is -0.315 e. The van der Waals surface area contributed by atoms with Crippen molar-refractivity contribution in [2.24, 2.45) is 0 Å². The smallest absolute Gasteiger partial charge is 0.0613 e. The quantitative estimate of drug-likeness (QED) is 0.170. The van der Waals surface area contributed by atoms with E-state index in [1.54, 1.807) is 0 Å². The predicted molar refractivity (Wildman–Crippen MR) is 224 cm³/mol. The van der Waals surface area contributed by atoms with Gasteiger partial charge in [0.25, 0.3) is 0 Å². The summed E-state index contributed by atoms with van der Waals surface area (Å²) in [5, 5.41) is 3.75. The number of hydrogen-bond acceptors (Lipinski definition) is 1. The molecule has 0 aliphatic heterocycles. The van der Waals surface area contributed by atoms with E-state index < -0.39 is 0 Å². The van der Waals surface area contributed by atoms with Gasteiger partial charge in [-0.3, -0.25) is 0 Å². The highest BCUT2D eigenvalue weighted by molar-refractivity contribution is 6.12. The minimum absolute atomic E-state index is 0.0253. The zero-order chi connectivity index (χ0) is 35.5. The average Bonchev–Trinajstić information content (AvgIpc) is 3.72. The zero-order valence-corrected chi connectivity index (χ0v) is 29.9. The van der Waals surface area contributed by atoms with Gasteiger partial charge < -0.3 is 9.47 Å². The van der Waals surface area contributed by atoms with E-state index in [0.717, 1.165) is 22.7 Å². The Bertz CT molecular complexity index is 2790. The van der Waals surface area contributed by atoms with Crippen LogP contribution in [0, 0.1) is 0 Å². The first-order valence-electron chi connectivity index (χ1n) is 18.4. The summed E-state index contributed by atoms with van der Waals surface area (Å²) in [5.41, 5.74) is 16.0. The second kappa shape index (κ2) is 12.3. The summed E-state index contributed by atoms with van der Waals surface area (Å²) in [5.74, 6) is 0. The molecule has 53 heavy (non-hydrogen) atoms. The Hall–Kier alpha value is -6.64. The van der Waals surface area contributed by atoms with Gasteiger partial charge in [-0.1, -0.05) is 147 Å². The van der Waals surface area contributed by atoms with Gasteiger partial charge in [0.1, 0.15) is 0 Å². The van der Waals surface area contributed by atoms with E-state index in [0.29, 0.717) is 0 Å². The number of anilines is 3. The number of benzene rings is 8. The lowest BCUT2D eigenvalue weighted by molar-refractivity contribution is 0.660. The topological polar surface area (TPSA) is 8.17 Å². The fraction of sp³-hybridized carbons (Fsp3) is 0.0588. The molecular weight excluding hydrogens is 641 g/mol. The number of para-hydroxylation sites is 2. The average molecular weight is 679 g/mol. The molecule has 0 fully saturated rings. The molecular formula is C51H38N2. The predicted octanol–water partition coefficient (Wildman–Crippen LogP) is 13.9. The van der Waals surface area contributed by atoms with Gasteiger partial charge in [0.15, 0.2) is 0 Å². The summed E-state index contributed by atoms with van der Waals surface area (Å²) < 4.78 is 2.35. The van der Waals surface area contributed by atoms with E-state index in [1.165, 1.54) is 66.2 Å². The van der Waals surface area contributed by atoms with Crippen LogP contribution in [0.3, 0.4) is 0 Å². The van der Waals surface area contributed by atoms with Crippen LogP contribution < -0.4 is 4.90 Å². The molecule has 0 unspecified atom stereocenters. The molecule has 2 heteroatoms. The highest BCUT2D eigenvalue weighted by Crippen LogP contribution is 2.50. The third-order valence-corrected chi connectivity index (χ3v) is 11.2. The summed E-state index contributed by atoms with van der Waals surface area (Å²) >= 11 is 0. The first-order valence-corrected chi connectivity index (χ1v) is 18.4. The molecule has 0 atom stereocenters. The van der Waals surface area contributed by atoms with Crippen LogP contribution in [0.4, 0.5) is 17.1 Å². The first-order chi connectivity index (χ1) is 26.0. The Morgan fingerprint density at radius 3 is 1.91 bits per heavy atom. The molecule has 10 rings (SSSR count). The standard InChI is InChI=1S/C51H38N2/c1-51(2)48-23-12-11-22-44(48)46-33-42(29-31-49(46)51)53(40-19-7-4-8-20-40)41-27-24-35(25-28-41)37-15-13-16-38(32-37)47-34-52(39-17-5-3-6-18-39)50-43-21-10-9-14-36(43)26-30-45(47)50/h3-34H,1-2H3. The largest absolute Gasteiger partial charge is 0.315 e. The molecule has 0 amide bonds. The maximum Gasteiger partial charge on any atom is 0.0613 e. The van der Waals surface area contributed by atoms with Gasteiger partial charge in [0.05, 0.1) is 5.52 Å². The molecule has 9 aromatic rings. The second-order valence-corrected chi connectivity index (χ2v) is 14.6. The van der Waals surface area contributed by atoms with Crippen LogP contribution in [0.15, 0.2) is 194 Å². The van der Waals surface area contributed by atoms with Crippen LogP contribution in [0.1, 0.15) is 25.0 Å². The van der Waals surface area contributed by atoms with Gasteiger partial charge in [-0.25, -0.2) is 0 Å². The van der Waals surface area contributed by atoms with Crippen molar-refractivity contribution in [3.05, 3.63) is 205 Å². The molecule has 252 valence electrons. The zero-order valence-electron chi connectivity index (χ0n) is 29.9. The normalized spacial score (nSPS) is 12.9. The van der Waals surface area contributed by atoms with Crippen molar-refractivity contribution in [3.8, 4) is 39.1 Å². The molecule has 1 aliphatic rings. The van der Waals surface area contributed by atoms with Crippen molar-refractivity contribution in [3.63, 3.8) is 0 Å². The van der Waals surface area contributed by atoms with Crippen LogP contribution in [-0.4, -0.2) is 4.57 Å². The molecule has 1 aromatic heterocycles. The third kappa shape index (κ3) is 5.10. The van der Waals surface area contributed by atoms with E-state index in [2.05, 4.69) is 218 Å². The van der Waals surface area contributed by atoms with Gasteiger partial charge >= 0.3 is 0 Å². The molecule has 1 heterocycles. The maximum atomic E-state index is 2.38. The van der Waals surface area contributed by atoms with Crippen LogP contribution in [0.2, 0.25) is 0 Å². The highest BCUT2D eigenvalue weighted by atomic mass is 15.1. The van der Waals surface area contributed by atoms with Gasteiger partial charge in [0.2, 0.25) is 0 Å². The van der Waals surface area contributed by atoms with Crippen LogP contribution >= 0.6 is 0 Å². The first kappa shape index (κ1) is 31.1. The maximum absolute atomic E-state index is 2.38. The number of hydrogen-bond donors (Lipinski definition) is 0. The summed E-state index contributed by atoms with van der Waals surface area (Å²) in [6.45, 7) is 4.67. The monoisotopic (exact) mass is 678 g/mol. The van der Waals surface area contributed by atoms with Gasteiger partial charge in [0, 0.05) is 50.7 Å². The molecule has 0 saturated carbocycles. The van der Waals surface area contributed by atoms with E-state index in [4.69, 9.17) is 0 Å². The van der Waals surface area contributed by atoms with E-state index in [9.17, 15) is 0 Å². The molecule has 0 radical (unpaired) electrons. The van der Waals surface area contributed by atoms with Crippen molar-refractivity contribution in [1.82, 2.24) is 4.57 Å². The Kier molecular flexibility index (Phi) is 7.19. The van der Waals surface area contributed by atoms with Gasteiger partial charge in [-0.15, -0.1) is 0 Å². The number of aromatic nitrogens is 1. The van der Waals surface area contributed by atoms with Gasteiger partial charge in [-0.05, 0) is 98.9 Å². The van der Waals surface area contributed by atoms with E-state index in [-0.39, 0.29) is 5.41 Å². The van der Waals surface area contributed by atoms with Gasteiger partial charge in [-0.2, -0.15) is 0 Å². The van der Waals surface area contributed by atoms with Crippen molar-refractivity contribution in [2.45, 2.75) is 19.3 Å². The van der Waals surface area contributed by atoms with Crippen molar-refractivity contribution in [1.29, 1.82) is 0 Å². The molecule has 0 bridgehead atoms. The van der Waals surface area contributed by atoms with E-state index >= 15 is 0 Å². The highest BCUT2D eigenvalue weighted by Gasteiger charge is 2.35. The Morgan fingerprint density at radius 2 is 1.08 bits per heavy atom. The summed E-state index contributed by atoms with van der Waals surface area (Å²) in [4.78, 5) is 2.37. The molecule has 8 aromatic carbocycles. The summed E-state index contributed by atoms with van der Waals surface area (Å²) in [7, 11) is 0. The summed E-state index contributed by atoms with van der Waals surface area (Å²) in [6.07, 6.45) is 2.31. The number of nitrogens with zero attached hydrogens (tertiary/aromatic N) is 2. The van der Waals surface area contributed by atoms with Crippen molar-refractivity contribution >= 4 is 38.7 Å². The molecule has 2 nitrogen and oxygen atoms in total. The molecule has 0 saturated heterocycles. The minimum atomic E-state index is -0.0253. The van der Waals surface area contributed by atoms with E-state index in [1.807, 2.05) is 0 Å². The van der Waals surface area contributed by atoms with Crippen molar-refractivity contribution < 1.29 is 0 Å². The van der Waals surface area contributed by atoms with Crippen LogP contribution in [-0.2, 0) is 5.41 Å². The Morgan fingerprint density at radius 1 is 0.415 bits per heavy atom. The number of fused-ring (bicyclic) bond motifs is 6. The van der Waals surface area contributed by atoms with Crippen LogP contribution in [0.25, 0.3) is 60.7 Å². The fourth-order valence-corrected chi connectivity index (χ4v) is 8.56. The lowest BCUT2D eigenvalue weighted by Crippen LogP contribution is -2.15. The third-order valence-electron chi connectivity index (χ3n) is 11.2. The summed E-state index contributed by atoms with van der Waals surface area (Å²) in [6, 6.07) is 68.5. The lowest BCUT2D eigenvalue weighted by Gasteiger charge is -2.27.